The van der Waals surface area contributed by atoms with Crippen LogP contribution in [0.4, 0.5) is 5.13 Å². The van der Waals surface area contributed by atoms with E-state index >= 15 is 0 Å². The predicted octanol–water partition coefficient (Wildman–Crippen LogP) is 0.930. The zero-order valence-corrected chi connectivity index (χ0v) is 12.1. The number of anilines is 1. The number of nitrogens with zero attached hydrogens (tertiary/aromatic N) is 2. The molecule has 1 aromatic heterocycles. The molecule has 0 bridgehead atoms. The minimum Gasteiger partial charge on any atom is -0.348 e. The zero-order valence-electron chi connectivity index (χ0n) is 11.3. The Kier molecular flexibility index (Phi) is 7.06. The van der Waals surface area contributed by atoms with Crippen molar-refractivity contribution in [3.05, 3.63) is 11.6 Å². The van der Waals surface area contributed by atoms with Crippen LogP contribution < -0.4 is 10.6 Å². The first kappa shape index (κ1) is 15.6. The Hall–Kier alpha value is -1.47. The summed E-state index contributed by atoms with van der Waals surface area (Å²) in [5, 5.41) is 7.20. The van der Waals surface area contributed by atoms with Gasteiger partial charge in [-0.05, 0) is 26.1 Å². The van der Waals surface area contributed by atoms with Gasteiger partial charge in [0.1, 0.15) is 0 Å². The second-order valence-electron chi connectivity index (χ2n) is 3.93. The van der Waals surface area contributed by atoms with Crippen LogP contribution in [0.1, 0.15) is 20.3 Å². The summed E-state index contributed by atoms with van der Waals surface area (Å²) in [6.07, 6.45) is 2.40. The van der Waals surface area contributed by atoms with Crippen LogP contribution in [-0.2, 0) is 9.59 Å². The van der Waals surface area contributed by atoms with Crippen LogP contribution >= 0.6 is 11.3 Å². The third-order valence-corrected chi connectivity index (χ3v) is 3.38. The molecule has 1 rings (SSSR count). The normalized spacial score (nSPS) is 10.5. The van der Waals surface area contributed by atoms with Gasteiger partial charge in [0.25, 0.3) is 0 Å². The van der Waals surface area contributed by atoms with Crippen molar-refractivity contribution >= 4 is 28.3 Å². The number of nitrogens with one attached hydrogen (secondary N) is 2. The minimum atomic E-state index is -0.669. The highest BCUT2D eigenvalue weighted by Crippen LogP contribution is 2.09. The maximum Gasteiger partial charge on any atom is 0.315 e. The quantitative estimate of drug-likeness (QED) is 0.577. The van der Waals surface area contributed by atoms with E-state index in [1.807, 2.05) is 0 Å². The average molecular weight is 284 g/mol. The Morgan fingerprint density at radius 1 is 1.32 bits per heavy atom. The second kappa shape index (κ2) is 8.60. The molecule has 2 amide bonds. The Morgan fingerprint density at radius 2 is 2.05 bits per heavy atom. The molecule has 0 aliphatic heterocycles. The van der Waals surface area contributed by atoms with Gasteiger partial charge in [-0.25, -0.2) is 4.98 Å². The lowest BCUT2D eigenvalue weighted by molar-refractivity contribution is -0.136. The van der Waals surface area contributed by atoms with E-state index in [0.717, 1.165) is 26.1 Å². The summed E-state index contributed by atoms with van der Waals surface area (Å²) >= 11 is 1.28. The Morgan fingerprint density at radius 3 is 2.63 bits per heavy atom. The lowest BCUT2D eigenvalue weighted by atomic mass is 10.3. The summed E-state index contributed by atoms with van der Waals surface area (Å²) in [6, 6.07) is 0. The van der Waals surface area contributed by atoms with E-state index in [4.69, 9.17) is 0 Å². The van der Waals surface area contributed by atoms with Crippen LogP contribution in [0.5, 0.6) is 0 Å². The molecule has 0 radical (unpaired) electrons. The van der Waals surface area contributed by atoms with E-state index in [1.54, 1.807) is 11.6 Å². The molecule has 1 heterocycles. The number of amides is 2. The fraction of sp³-hybridized carbons (Fsp3) is 0.583. The summed E-state index contributed by atoms with van der Waals surface area (Å²) in [6.45, 7) is 7.61. The van der Waals surface area contributed by atoms with Gasteiger partial charge in [0, 0.05) is 18.1 Å². The monoisotopic (exact) mass is 284 g/mol. The fourth-order valence-electron chi connectivity index (χ4n) is 1.56. The van der Waals surface area contributed by atoms with Gasteiger partial charge in [-0.15, -0.1) is 11.3 Å². The molecule has 0 unspecified atom stereocenters. The molecular weight excluding hydrogens is 264 g/mol. The Bertz CT molecular complexity index is 390. The van der Waals surface area contributed by atoms with Gasteiger partial charge in [-0.3, -0.25) is 14.9 Å². The van der Waals surface area contributed by atoms with E-state index in [-0.39, 0.29) is 0 Å². The Labute approximate surface area is 117 Å². The first-order valence-electron chi connectivity index (χ1n) is 6.38. The van der Waals surface area contributed by atoms with Crippen molar-refractivity contribution in [3.63, 3.8) is 0 Å². The van der Waals surface area contributed by atoms with E-state index < -0.39 is 11.8 Å². The number of carbonyl (C=O) groups excluding carboxylic acids is 2. The van der Waals surface area contributed by atoms with E-state index in [9.17, 15) is 9.59 Å². The highest BCUT2D eigenvalue weighted by molar-refractivity contribution is 7.13. The number of hydrogen-bond donors (Lipinski definition) is 2. The topological polar surface area (TPSA) is 74.3 Å². The van der Waals surface area contributed by atoms with Crippen molar-refractivity contribution in [2.24, 2.45) is 0 Å². The number of aromatic nitrogens is 1. The smallest absolute Gasteiger partial charge is 0.315 e. The Balaban J connectivity index is 2.18. The molecule has 0 aliphatic carbocycles. The van der Waals surface area contributed by atoms with Crippen molar-refractivity contribution in [1.29, 1.82) is 0 Å². The molecule has 6 nitrogen and oxygen atoms in total. The average Bonchev–Trinajstić information content (AvgIpc) is 2.91. The SMILES string of the molecule is CCN(CC)CCCNC(=O)C(=O)Nc1nccs1. The number of hydrogen-bond acceptors (Lipinski definition) is 5. The van der Waals surface area contributed by atoms with Crippen molar-refractivity contribution in [1.82, 2.24) is 15.2 Å². The predicted molar refractivity (Wildman–Crippen MR) is 76.2 cm³/mol. The van der Waals surface area contributed by atoms with Gasteiger partial charge in [0.05, 0.1) is 0 Å². The van der Waals surface area contributed by atoms with Gasteiger partial charge in [-0.1, -0.05) is 13.8 Å². The second-order valence-corrected chi connectivity index (χ2v) is 4.82. The molecule has 0 fully saturated rings. The third kappa shape index (κ3) is 5.80. The summed E-state index contributed by atoms with van der Waals surface area (Å²) in [7, 11) is 0. The minimum absolute atomic E-state index is 0.434. The van der Waals surface area contributed by atoms with Crippen molar-refractivity contribution in [2.45, 2.75) is 20.3 Å². The maximum atomic E-state index is 11.5. The van der Waals surface area contributed by atoms with E-state index in [2.05, 4.69) is 34.4 Å². The van der Waals surface area contributed by atoms with Crippen molar-refractivity contribution < 1.29 is 9.59 Å². The maximum absolute atomic E-state index is 11.5. The van der Waals surface area contributed by atoms with E-state index in [1.165, 1.54) is 11.3 Å². The van der Waals surface area contributed by atoms with Crippen LogP contribution in [0.15, 0.2) is 11.6 Å². The summed E-state index contributed by atoms with van der Waals surface area (Å²) in [5.41, 5.74) is 0. The lowest BCUT2D eigenvalue weighted by Crippen LogP contribution is -2.37. The molecule has 19 heavy (non-hydrogen) atoms. The molecule has 0 aromatic carbocycles. The molecule has 0 saturated heterocycles. The lowest BCUT2D eigenvalue weighted by Gasteiger charge is -2.17. The molecule has 1 aromatic rings. The standard InChI is InChI=1S/C12H20N4O2S/c1-3-16(4-2)8-5-6-13-10(17)11(18)15-12-14-7-9-19-12/h7,9H,3-6,8H2,1-2H3,(H,13,17)(H,14,15,18). The summed E-state index contributed by atoms with van der Waals surface area (Å²) in [4.78, 5) is 29.1. The highest BCUT2D eigenvalue weighted by Gasteiger charge is 2.13. The molecule has 0 atom stereocenters. The molecule has 0 saturated carbocycles. The van der Waals surface area contributed by atoms with E-state index in [0.29, 0.717) is 11.7 Å². The van der Waals surface area contributed by atoms with Gasteiger partial charge in [-0.2, -0.15) is 0 Å². The number of thiazole rings is 1. The van der Waals surface area contributed by atoms with Crippen molar-refractivity contribution in [2.75, 3.05) is 31.5 Å². The fourth-order valence-corrected chi connectivity index (χ4v) is 2.09. The first-order chi connectivity index (χ1) is 9.17. The van der Waals surface area contributed by atoms with Crippen LogP contribution in [-0.4, -0.2) is 47.9 Å². The first-order valence-corrected chi connectivity index (χ1v) is 7.26. The largest absolute Gasteiger partial charge is 0.348 e. The zero-order chi connectivity index (χ0) is 14.1. The van der Waals surface area contributed by atoms with Crippen LogP contribution in [0.25, 0.3) is 0 Å². The highest BCUT2D eigenvalue weighted by atomic mass is 32.1. The number of rotatable bonds is 7. The van der Waals surface area contributed by atoms with Gasteiger partial charge in [0.15, 0.2) is 5.13 Å². The van der Waals surface area contributed by atoms with Gasteiger partial charge >= 0.3 is 11.8 Å². The summed E-state index contributed by atoms with van der Waals surface area (Å²) in [5.74, 6) is -1.28. The molecule has 106 valence electrons. The van der Waals surface area contributed by atoms with Gasteiger partial charge < -0.3 is 10.2 Å². The molecule has 0 spiro atoms. The van der Waals surface area contributed by atoms with Gasteiger partial charge in [0.2, 0.25) is 0 Å². The van der Waals surface area contributed by atoms with Crippen LogP contribution in [0.3, 0.4) is 0 Å². The molecule has 7 heteroatoms. The molecular formula is C12H20N4O2S. The summed E-state index contributed by atoms with van der Waals surface area (Å²) < 4.78 is 0. The van der Waals surface area contributed by atoms with Crippen molar-refractivity contribution in [3.8, 4) is 0 Å². The van der Waals surface area contributed by atoms with Crippen LogP contribution in [0, 0.1) is 0 Å². The van der Waals surface area contributed by atoms with Crippen LogP contribution in [0.2, 0.25) is 0 Å². The molecule has 0 aliphatic rings. The number of carbonyl (C=O) groups is 2. The third-order valence-electron chi connectivity index (χ3n) is 2.69. The molecule has 2 N–H and O–H groups in total.